The van der Waals surface area contributed by atoms with Gasteiger partial charge in [0.1, 0.15) is 5.75 Å². The van der Waals surface area contributed by atoms with Gasteiger partial charge in [0, 0.05) is 25.2 Å². The van der Waals surface area contributed by atoms with Gasteiger partial charge in [-0.25, -0.2) is 8.42 Å². The second-order valence-corrected chi connectivity index (χ2v) is 9.56. The van der Waals surface area contributed by atoms with Crippen LogP contribution in [0.3, 0.4) is 0 Å². The molecule has 1 aliphatic carbocycles. The SMILES string of the molecule is COc1ccc(S(=O)(=O)N2CCOCC2)cc1C(=O)N(C(C)C)C1CCCC1. The van der Waals surface area contributed by atoms with Gasteiger partial charge >= 0.3 is 0 Å². The number of carbonyl (C=O) groups excluding carboxylic acids is 1. The number of amides is 1. The third kappa shape index (κ3) is 4.18. The van der Waals surface area contributed by atoms with Gasteiger partial charge < -0.3 is 14.4 Å². The van der Waals surface area contributed by atoms with Crippen LogP contribution in [0.2, 0.25) is 0 Å². The number of benzene rings is 1. The van der Waals surface area contributed by atoms with Crippen LogP contribution in [0.1, 0.15) is 49.9 Å². The van der Waals surface area contributed by atoms with E-state index in [2.05, 4.69) is 0 Å². The molecule has 156 valence electrons. The lowest BCUT2D eigenvalue weighted by atomic mass is 10.1. The lowest BCUT2D eigenvalue weighted by molar-refractivity contribution is 0.0609. The Kier molecular flexibility index (Phi) is 6.62. The first-order valence-corrected chi connectivity index (χ1v) is 11.4. The van der Waals surface area contributed by atoms with Crippen LogP contribution in [0.15, 0.2) is 23.1 Å². The predicted molar refractivity (Wildman–Crippen MR) is 106 cm³/mol. The summed E-state index contributed by atoms with van der Waals surface area (Å²) in [6.45, 7) is 5.39. The lowest BCUT2D eigenvalue weighted by Crippen LogP contribution is -2.44. The Balaban J connectivity index is 1.97. The molecule has 1 amide bonds. The number of nitrogens with zero attached hydrogens (tertiary/aromatic N) is 2. The van der Waals surface area contributed by atoms with Crippen LogP contribution in [-0.2, 0) is 14.8 Å². The van der Waals surface area contributed by atoms with Gasteiger partial charge in [0.2, 0.25) is 10.0 Å². The van der Waals surface area contributed by atoms with E-state index in [1.54, 1.807) is 6.07 Å². The second-order valence-electron chi connectivity index (χ2n) is 7.62. The minimum Gasteiger partial charge on any atom is -0.496 e. The highest BCUT2D eigenvalue weighted by Gasteiger charge is 2.33. The Bertz CT molecular complexity index is 797. The Morgan fingerprint density at radius 1 is 1.21 bits per heavy atom. The van der Waals surface area contributed by atoms with Crippen LogP contribution in [-0.4, -0.2) is 69.0 Å². The van der Waals surface area contributed by atoms with E-state index in [1.807, 2.05) is 18.7 Å². The van der Waals surface area contributed by atoms with E-state index >= 15 is 0 Å². The van der Waals surface area contributed by atoms with Crippen LogP contribution in [0, 0.1) is 0 Å². The van der Waals surface area contributed by atoms with Crippen molar-refractivity contribution in [2.24, 2.45) is 0 Å². The molecule has 0 aromatic heterocycles. The van der Waals surface area contributed by atoms with E-state index in [0.29, 0.717) is 37.6 Å². The van der Waals surface area contributed by atoms with Gasteiger partial charge in [-0.05, 0) is 44.9 Å². The molecule has 1 aliphatic heterocycles. The summed E-state index contributed by atoms with van der Waals surface area (Å²) < 4.78 is 38.1. The molecule has 1 saturated carbocycles. The quantitative estimate of drug-likeness (QED) is 0.720. The molecular weight excluding hydrogens is 380 g/mol. The summed E-state index contributed by atoms with van der Waals surface area (Å²) in [4.78, 5) is 15.4. The maximum Gasteiger partial charge on any atom is 0.258 e. The van der Waals surface area contributed by atoms with Gasteiger partial charge in [0.25, 0.3) is 5.91 Å². The van der Waals surface area contributed by atoms with Crippen LogP contribution >= 0.6 is 0 Å². The molecule has 1 saturated heterocycles. The van der Waals surface area contributed by atoms with Gasteiger partial charge in [0.05, 0.1) is 30.8 Å². The highest BCUT2D eigenvalue weighted by atomic mass is 32.2. The van der Waals surface area contributed by atoms with Gasteiger partial charge in [-0.2, -0.15) is 4.31 Å². The molecule has 0 unspecified atom stereocenters. The molecule has 0 radical (unpaired) electrons. The number of methoxy groups -OCH3 is 1. The second kappa shape index (κ2) is 8.80. The topological polar surface area (TPSA) is 76.1 Å². The number of hydrogen-bond acceptors (Lipinski definition) is 5. The number of hydrogen-bond donors (Lipinski definition) is 0. The Labute approximate surface area is 167 Å². The van der Waals surface area contributed by atoms with E-state index in [9.17, 15) is 13.2 Å². The summed E-state index contributed by atoms with van der Waals surface area (Å²) in [5.41, 5.74) is 0.303. The van der Waals surface area contributed by atoms with E-state index in [-0.39, 0.29) is 22.9 Å². The molecule has 0 bridgehead atoms. The maximum atomic E-state index is 13.4. The highest BCUT2D eigenvalue weighted by Crippen LogP contribution is 2.31. The molecule has 0 N–H and O–H groups in total. The zero-order valence-corrected chi connectivity index (χ0v) is 17.7. The molecule has 2 aliphatic rings. The van der Waals surface area contributed by atoms with Crippen molar-refractivity contribution in [2.75, 3.05) is 33.4 Å². The molecule has 3 rings (SSSR count). The van der Waals surface area contributed by atoms with Gasteiger partial charge in [-0.1, -0.05) is 12.8 Å². The van der Waals surface area contributed by atoms with E-state index in [4.69, 9.17) is 9.47 Å². The van der Waals surface area contributed by atoms with Crippen molar-refractivity contribution in [3.8, 4) is 5.75 Å². The molecule has 1 aromatic rings. The van der Waals surface area contributed by atoms with Crippen molar-refractivity contribution < 1.29 is 22.7 Å². The van der Waals surface area contributed by atoms with Gasteiger partial charge in [-0.15, -0.1) is 0 Å². The van der Waals surface area contributed by atoms with E-state index in [0.717, 1.165) is 25.7 Å². The number of ether oxygens (including phenoxy) is 2. The number of sulfonamides is 1. The third-order valence-electron chi connectivity index (χ3n) is 5.52. The molecule has 7 nitrogen and oxygen atoms in total. The predicted octanol–water partition coefficient (Wildman–Crippen LogP) is 2.51. The standard InChI is InChI=1S/C20H30N2O5S/c1-15(2)22(16-6-4-5-7-16)20(23)18-14-17(8-9-19(18)26-3)28(24,25)21-10-12-27-13-11-21/h8-9,14-16H,4-7,10-13H2,1-3H3. The van der Waals surface area contributed by atoms with Crippen molar-refractivity contribution in [3.63, 3.8) is 0 Å². The maximum absolute atomic E-state index is 13.4. The van der Waals surface area contributed by atoms with Crippen molar-refractivity contribution in [2.45, 2.75) is 56.5 Å². The Morgan fingerprint density at radius 3 is 2.43 bits per heavy atom. The van der Waals surface area contributed by atoms with Crippen LogP contribution in [0.5, 0.6) is 5.75 Å². The summed E-state index contributed by atoms with van der Waals surface area (Å²) in [7, 11) is -2.18. The first kappa shape index (κ1) is 21.1. The summed E-state index contributed by atoms with van der Waals surface area (Å²) >= 11 is 0. The Morgan fingerprint density at radius 2 is 1.86 bits per heavy atom. The monoisotopic (exact) mass is 410 g/mol. The number of carbonyl (C=O) groups is 1. The van der Waals surface area contributed by atoms with Crippen molar-refractivity contribution in [1.82, 2.24) is 9.21 Å². The van der Waals surface area contributed by atoms with Gasteiger partial charge in [0.15, 0.2) is 0 Å². The average Bonchev–Trinajstić information content (AvgIpc) is 3.22. The fourth-order valence-corrected chi connectivity index (χ4v) is 5.53. The molecule has 1 heterocycles. The van der Waals surface area contributed by atoms with Crippen molar-refractivity contribution >= 4 is 15.9 Å². The molecule has 1 aromatic carbocycles. The summed E-state index contributed by atoms with van der Waals surface area (Å²) in [6.07, 6.45) is 4.20. The first-order chi connectivity index (χ1) is 13.4. The Hall–Kier alpha value is -1.64. The minimum absolute atomic E-state index is 0.0276. The third-order valence-corrected chi connectivity index (χ3v) is 7.41. The van der Waals surface area contributed by atoms with Crippen LogP contribution in [0.4, 0.5) is 0 Å². The van der Waals surface area contributed by atoms with Crippen molar-refractivity contribution in [1.29, 1.82) is 0 Å². The summed E-state index contributed by atoms with van der Waals surface area (Å²) in [5.74, 6) is 0.229. The molecule has 0 spiro atoms. The first-order valence-electron chi connectivity index (χ1n) is 9.95. The highest BCUT2D eigenvalue weighted by molar-refractivity contribution is 7.89. The van der Waals surface area contributed by atoms with E-state index < -0.39 is 10.0 Å². The fraction of sp³-hybridized carbons (Fsp3) is 0.650. The van der Waals surface area contributed by atoms with E-state index in [1.165, 1.54) is 23.5 Å². The summed E-state index contributed by atoms with van der Waals surface area (Å²) in [5, 5.41) is 0. The lowest BCUT2D eigenvalue weighted by Gasteiger charge is -2.33. The average molecular weight is 411 g/mol. The zero-order chi connectivity index (χ0) is 20.3. The fourth-order valence-electron chi connectivity index (χ4n) is 4.09. The zero-order valence-electron chi connectivity index (χ0n) is 16.9. The molecule has 0 atom stereocenters. The number of morpholine rings is 1. The molecule has 2 fully saturated rings. The molecule has 8 heteroatoms. The summed E-state index contributed by atoms with van der Waals surface area (Å²) in [6, 6.07) is 4.77. The van der Waals surface area contributed by atoms with Gasteiger partial charge in [-0.3, -0.25) is 4.79 Å². The number of rotatable bonds is 6. The minimum atomic E-state index is -3.68. The van der Waals surface area contributed by atoms with Crippen molar-refractivity contribution in [3.05, 3.63) is 23.8 Å². The van der Waals surface area contributed by atoms with Crippen LogP contribution in [0.25, 0.3) is 0 Å². The molecule has 28 heavy (non-hydrogen) atoms. The smallest absolute Gasteiger partial charge is 0.258 e. The normalized spacial score (nSPS) is 19.1. The largest absolute Gasteiger partial charge is 0.496 e. The molecular formula is C20H30N2O5S. The van der Waals surface area contributed by atoms with Crippen LogP contribution < -0.4 is 4.74 Å².